The van der Waals surface area contributed by atoms with Crippen molar-refractivity contribution in [3.63, 3.8) is 0 Å². The number of benzene rings is 2. The molecule has 2 heterocycles. The van der Waals surface area contributed by atoms with Crippen LogP contribution in [0.1, 0.15) is 11.6 Å². The van der Waals surface area contributed by atoms with Crippen LogP contribution in [0, 0.1) is 0 Å². The van der Waals surface area contributed by atoms with Gasteiger partial charge in [-0.3, -0.25) is 19.8 Å². The van der Waals surface area contributed by atoms with Crippen LogP contribution in [0.3, 0.4) is 0 Å². The SMILES string of the molecule is CN(C(=O)CN1CCOCC1)c1ccc(NC(=O)C(NC(=O)Nc2ccc(Cl)s2)c2ccccc2)cc1. The number of anilines is 3. The molecule has 0 spiro atoms. The monoisotopic (exact) mass is 541 g/mol. The maximum atomic E-state index is 13.2. The molecule has 1 saturated heterocycles. The molecular weight excluding hydrogens is 514 g/mol. The fourth-order valence-electron chi connectivity index (χ4n) is 3.79. The van der Waals surface area contributed by atoms with E-state index in [1.54, 1.807) is 72.6 Å². The molecule has 0 bridgehead atoms. The molecule has 1 aliphatic rings. The quantitative estimate of drug-likeness (QED) is 0.397. The molecule has 11 heteroatoms. The summed E-state index contributed by atoms with van der Waals surface area (Å²) < 4.78 is 5.88. The van der Waals surface area contributed by atoms with Gasteiger partial charge in [-0.15, -0.1) is 11.3 Å². The van der Waals surface area contributed by atoms with Crippen LogP contribution < -0.4 is 20.9 Å². The minimum absolute atomic E-state index is 0.0231. The highest BCUT2D eigenvalue weighted by molar-refractivity contribution is 7.20. The maximum Gasteiger partial charge on any atom is 0.320 e. The number of hydrogen-bond acceptors (Lipinski definition) is 6. The lowest BCUT2D eigenvalue weighted by Crippen LogP contribution is -2.43. The zero-order valence-corrected chi connectivity index (χ0v) is 21.8. The molecule has 1 unspecified atom stereocenters. The van der Waals surface area contributed by atoms with E-state index in [1.165, 1.54) is 11.3 Å². The van der Waals surface area contributed by atoms with Gasteiger partial charge in [0.05, 0.1) is 29.1 Å². The van der Waals surface area contributed by atoms with E-state index in [9.17, 15) is 14.4 Å². The number of amides is 4. The van der Waals surface area contributed by atoms with Gasteiger partial charge in [-0.1, -0.05) is 41.9 Å². The number of carbonyl (C=O) groups excluding carboxylic acids is 3. The molecule has 4 rings (SSSR count). The Labute approximate surface area is 224 Å². The van der Waals surface area contributed by atoms with Gasteiger partial charge in [0.25, 0.3) is 5.91 Å². The molecule has 1 aliphatic heterocycles. The predicted molar refractivity (Wildman–Crippen MR) is 146 cm³/mol. The second kappa shape index (κ2) is 12.7. The van der Waals surface area contributed by atoms with Crippen LogP contribution in [0.15, 0.2) is 66.7 Å². The molecule has 2 aromatic carbocycles. The number of nitrogens with one attached hydrogen (secondary N) is 3. The first kappa shape index (κ1) is 26.6. The number of rotatable bonds is 8. The molecule has 9 nitrogen and oxygen atoms in total. The van der Waals surface area contributed by atoms with Gasteiger partial charge in [-0.2, -0.15) is 0 Å². The first-order chi connectivity index (χ1) is 17.9. The van der Waals surface area contributed by atoms with Gasteiger partial charge in [-0.25, -0.2) is 4.79 Å². The summed E-state index contributed by atoms with van der Waals surface area (Å²) in [5.41, 5.74) is 1.88. The van der Waals surface area contributed by atoms with Crippen LogP contribution >= 0.6 is 22.9 Å². The highest BCUT2D eigenvalue weighted by Crippen LogP contribution is 2.26. The van der Waals surface area contributed by atoms with Gasteiger partial charge >= 0.3 is 6.03 Å². The van der Waals surface area contributed by atoms with Gasteiger partial charge < -0.3 is 20.3 Å². The Bertz CT molecular complexity index is 1220. The van der Waals surface area contributed by atoms with Crippen LogP contribution in [0.5, 0.6) is 0 Å². The molecule has 1 atom stereocenters. The van der Waals surface area contributed by atoms with Gasteiger partial charge in [0.1, 0.15) is 6.04 Å². The highest BCUT2D eigenvalue weighted by atomic mass is 35.5. The highest BCUT2D eigenvalue weighted by Gasteiger charge is 2.23. The van der Waals surface area contributed by atoms with E-state index in [0.717, 1.165) is 13.1 Å². The lowest BCUT2D eigenvalue weighted by atomic mass is 10.1. The third kappa shape index (κ3) is 7.53. The predicted octanol–water partition coefficient (Wildman–Crippen LogP) is 4.20. The molecular formula is C26H28ClN5O4S. The van der Waals surface area contributed by atoms with Crippen molar-refractivity contribution in [1.82, 2.24) is 10.2 Å². The molecule has 4 amide bonds. The number of hydrogen-bond donors (Lipinski definition) is 3. The van der Waals surface area contributed by atoms with Crippen LogP contribution in [0.4, 0.5) is 21.2 Å². The number of urea groups is 1. The van der Waals surface area contributed by atoms with Crippen molar-refractivity contribution in [3.05, 3.63) is 76.6 Å². The first-order valence-electron chi connectivity index (χ1n) is 11.7. The van der Waals surface area contributed by atoms with Gasteiger partial charge in [0.2, 0.25) is 5.91 Å². The third-order valence-electron chi connectivity index (χ3n) is 5.84. The normalized spacial score (nSPS) is 14.4. The standard InChI is InChI=1S/C26H28ClN5O4S/c1-31(23(33)17-32-13-15-36-16-14-32)20-9-7-19(8-10-20)28-25(34)24(18-5-3-2-4-6-18)30-26(35)29-22-12-11-21(27)37-22/h2-12,24H,13-17H2,1H3,(H,28,34)(H2,29,30,35). The zero-order chi connectivity index (χ0) is 26.2. The smallest absolute Gasteiger partial charge is 0.320 e. The van der Waals surface area contributed by atoms with Gasteiger partial charge in [-0.05, 0) is 42.0 Å². The minimum atomic E-state index is -0.936. The van der Waals surface area contributed by atoms with Crippen LogP contribution in [0.25, 0.3) is 0 Å². The molecule has 37 heavy (non-hydrogen) atoms. The molecule has 1 fully saturated rings. The summed E-state index contributed by atoms with van der Waals surface area (Å²) in [6.45, 7) is 3.06. The minimum Gasteiger partial charge on any atom is -0.379 e. The van der Waals surface area contributed by atoms with E-state index >= 15 is 0 Å². The Morgan fingerprint density at radius 1 is 1.00 bits per heavy atom. The van der Waals surface area contributed by atoms with Crippen molar-refractivity contribution < 1.29 is 19.1 Å². The number of morpholine rings is 1. The molecule has 0 aliphatic carbocycles. The van der Waals surface area contributed by atoms with E-state index in [4.69, 9.17) is 16.3 Å². The Balaban J connectivity index is 1.39. The lowest BCUT2D eigenvalue weighted by Gasteiger charge is -2.28. The maximum absolute atomic E-state index is 13.2. The van der Waals surface area contributed by atoms with Crippen molar-refractivity contribution in [2.24, 2.45) is 0 Å². The summed E-state index contributed by atoms with van der Waals surface area (Å²) in [5, 5.41) is 8.84. The fourth-order valence-corrected chi connectivity index (χ4v) is 4.73. The number of thiophene rings is 1. The molecule has 194 valence electrons. The Hall–Kier alpha value is -3.44. The molecule has 0 radical (unpaired) electrons. The Morgan fingerprint density at radius 3 is 2.35 bits per heavy atom. The summed E-state index contributed by atoms with van der Waals surface area (Å²) in [5.74, 6) is -0.430. The van der Waals surface area contributed by atoms with E-state index in [2.05, 4.69) is 20.9 Å². The lowest BCUT2D eigenvalue weighted by molar-refractivity contribution is -0.120. The van der Waals surface area contributed by atoms with Crippen molar-refractivity contribution >= 4 is 57.2 Å². The summed E-state index contributed by atoms with van der Waals surface area (Å²) in [7, 11) is 1.73. The van der Waals surface area contributed by atoms with Gasteiger partial charge in [0, 0.05) is 31.5 Å². The number of ether oxygens (including phenoxy) is 1. The second-order valence-corrected chi connectivity index (χ2v) is 10.1. The van der Waals surface area contributed by atoms with Crippen molar-refractivity contribution in [3.8, 4) is 0 Å². The molecule has 3 N–H and O–H groups in total. The first-order valence-corrected chi connectivity index (χ1v) is 12.9. The van der Waals surface area contributed by atoms with E-state index in [0.29, 0.717) is 46.0 Å². The van der Waals surface area contributed by atoms with Crippen molar-refractivity contribution in [1.29, 1.82) is 0 Å². The van der Waals surface area contributed by atoms with Crippen LogP contribution in [-0.2, 0) is 14.3 Å². The number of nitrogens with zero attached hydrogens (tertiary/aromatic N) is 2. The summed E-state index contributed by atoms with van der Waals surface area (Å²) >= 11 is 7.15. The summed E-state index contributed by atoms with van der Waals surface area (Å²) in [6, 6.07) is 17.9. The third-order valence-corrected chi connectivity index (χ3v) is 6.99. The average molecular weight is 542 g/mol. The summed E-state index contributed by atoms with van der Waals surface area (Å²) in [4.78, 5) is 42.1. The van der Waals surface area contributed by atoms with E-state index in [-0.39, 0.29) is 5.91 Å². The van der Waals surface area contributed by atoms with E-state index < -0.39 is 18.0 Å². The number of likely N-dealkylation sites (N-methyl/N-ethyl adjacent to an activating group) is 1. The molecule has 0 saturated carbocycles. The second-order valence-electron chi connectivity index (χ2n) is 8.42. The Kier molecular flexibility index (Phi) is 9.13. The number of carbonyl (C=O) groups is 3. The number of halogens is 1. The Morgan fingerprint density at radius 2 is 1.70 bits per heavy atom. The van der Waals surface area contributed by atoms with Crippen molar-refractivity contribution in [2.45, 2.75) is 6.04 Å². The van der Waals surface area contributed by atoms with Crippen LogP contribution in [-0.4, -0.2) is 62.6 Å². The van der Waals surface area contributed by atoms with Crippen LogP contribution in [0.2, 0.25) is 4.34 Å². The zero-order valence-electron chi connectivity index (χ0n) is 20.3. The van der Waals surface area contributed by atoms with Gasteiger partial charge in [0.15, 0.2) is 0 Å². The molecule has 1 aromatic heterocycles. The average Bonchev–Trinajstić information content (AvgIpc) is 3.32. The fraction of sp³-hybridized carbons (Fsp3) is 0.269. The topological polar surface area (TPSA) is 103 Å². The van der Waals surface area contributed by atoms with Crippen molar-refractivity contribution in [2.75, 3.05) is 55.4 Å². The molecule has 3 aromatic rings. The summed E-state index contributed by atoms with van der Waals surface area (Å²) in [6.07, 6.45) is 0. The van der Waals surface area contributed by atoms with E-state index in [1.807, 2.05) is 6.07 Å². The largest absolute Gasteiger partial charge is 0.379 e.